The molecule has 4 N–H and O–H groups in total. The van der Waals surface area contributed by atoms with Crippen LogP contribution >= 0.6 is 27.7 Å². The first-order valence-electron chi connectivity index (χ1n) is 5.54. The third kappa shape index (κ3) is 4.85. The Kier molecular flexibility index (Phi) is 6.33. The number of benzene rings is 1. The maximum absolute atomic E-state index is 11.8. The first kappa shape index (κ1) is 16.0. The molecule has 1 atom stereocenters. The molecule has 19 heavy (non-hydrogen) atoms. The largest absolute Gasteiger partial charge is 0.478 e. The highest BCUT2D eigenvalue weighted by atomic mass is 79.9. The first-order valence-corrected chi connectivity index (χ1v) is 7.72. The number of aromatic carboxylic acids is 1. The van der Waals surface area contributed by atoms with Crippen LogP contribution in [-0.4, -0.2) is 35.0 Å². The minimum absolute atomic E-state index is 0.108. The summed E-state index contributed by atoms with van der Waals surface area (Å²) in [5, 5.41) is 11.5. The molecule has 0 aliphatic heterocycles. The molecule has 104 valence electrons. The molecule has 1 aromatic carbocycles. The van der Waals surface area contributed by atoms with Crippen molar-refractivity contribution in [2.45, 2.75) is 12.5 Å². The summed E-state index contributed by atoms with van der Waals surface area (Å²) < 4.78 is 0.614. The van der Waals surface area contributed by atoms with E-state index in [2.05, 4.69) is 21.2 Å². The van der Waals surface area contributed by atoms with Gasteiger partial charge in [0, 0.05) is 4.47 Å². The molecule has 1 rings (SSSR count). The van der Waals surface area contributed by atoms with Gasteiger partial charge in [0.25, 0.3) is 0 Å². The lowest BCUT2D eigenvalue weighted by atomic mass is 10.2. The third-order valence-corrected chi connectivity index (χ3v) is 3.78. The first-order chi connectivity index (χ1) is 8.95. The van der Waals surface area contributed by atoms with Crippen LogP contribution in [0.25, 0.3) is 0 Å². The van der Waals surface area contributed by atoms with Gasteiger partial charge < -0.3 is 16.2 Å². The SMILES string of the molecule is CSCC[C@@H](N)C(=O)Nc1cc(C(=O)O)ccc1Br. The molecule has 0 saturated heterocycles. The number of nitrogens with one attached hydrogen (secondary N) is 1. The smallest absolute Gasteiger partial charge is 0.335 e. The Labute approximate surface area is 124 Å². The lowest BCUT2D eigenvalue weighted by molar-refractivity contribution is -0.117. The average Bonchev–Trinajstić information content (AvgIpc) is 2.38. The monoisotopic (exact) mass is 346 g/mol. The van der Waals surface area contributed by atoms with Crippen LogP contribution < -0.4 is 11.1 Å². The van der Waals surface area contributed by atoms with Crippen molar-refractivity contribution in [3.05, 3.63) is 28.2 Å². The predicted octanol–water partition coefficient (Wildman–Crippen LogP) is 2.17. The van der Waals surface area contributed by atoms with Gasteiger partial charge in [0.15, 0.2) is 0 Å². The Balaban J connectivity index is 2.78. The standard InChI is InChI=1S/C12H15BrN2O3S/c1-19-5-4-9(14)11(16)15-10-6-7(12(17)18)2-3-8(10)13/h2-3,6,9H,4-5,14H2,1H3,(H,15,16)(H,17,18)/t9-/m1/s1. The fraction of sp³-hybridized carbons (Fsp3) is 0.333. The fourth-order valence-corrected chi connectivity index (χ4v) is 2.19. The summed E-state index contributed by atoms with van der Waals surface area (Å²) in [5.41, 5.74) is 6.26. The number of thioether (sulfide) groups is 1. The van der Waals surface area contributed by atoms with Gasteiger partial charge in [-0.3, -0.25) is 4.79 Å². The number of carbonyl (C=O) groups excluding carboxylic acids is 1. The lowest BCUT2D eigenvalue weighted by Gasteiger charge is -2.13. The number of amides is 1. The minimum atomic E-state index is -1.05. The Bertz CT molecular complexity index is 482. The average molecular weight is 347 g/mol. The zero-order valence-corrected chi connectivity index (χ0v) is 12.8. The second-order valence-corrected chi connectivity index (χ2v) is 5.72. The van der Waals surface area contributed by atoms with Crippen LogP contribution in [0.3, 0.4) is 0 Å². The summed E-state index contributed by atoms with van der Waals surface area (Å²) in [6, 6.07) is 3.82. The molecule has 1 amide bonds. The predicted molar refractivity (Wildman–Crippen MR) is 80.7 cm³/mol. The van der Waals surface area contributed by atoms with E-state index in [0.29, 0.717) is 16.6 Å². The van der Waals surface area contributed by atoms with Crippen LogP contribution in [0, 0.1) is 0 Å². The van der Waals surface area contributed by atoms with E-state index in [1.807, 2.05) is 6.26 Å². The highest BCUT2D eigenvalue weighted by Gasteiger charge is 2.15. The Morgan fingerprint density at radius 3 is 2.79 bits per heavy atom. The molecule has 0 aromatic heterocycles. The van der Waals surface area contributed by atoms with Gasteiger partial charge >= 0.3 is 5.97 Å². The number of halogens is 1. The van der Waals surface area contributed by atoms with Gasteiger partial charge in [0.05, 0.1) is 17.3 Å². The van der Waals surface area contributed by atoms with E-state index in [1.165, 1.54) is 12.1 Å². The zero-order chi connectivity index (χ0) is 14.4. The Morgan fingerprint density at radius 1 is 1.53 bits per heavy atom. The molecule has 5 nitrogen and oxygen atoms in total. The van der Waals surface area contributed by atoms with Crippen molar-refractivity contribution >= 4 is 45.3 Å². The molecule has 0 bridgehead atoms. The van der Waals surface area contributed by atoms with Crippen molar-refractivity contribution in [1.82, 2.24) is 0 Å². The van der Waals surface area contributed by atoms with Gasteiger partial charge in [-0.05, 0) is 52.6 Å². The molecule has 0 unspecified atom stereocenters. The minimum Gasteiger partial charge on any atom is -0.478 e. The molecule has 7 heteroatoms. The fourth-order valence-electron chi connectivity index (χ4n) is 1.36. The van der Waals surface area contributed by atoms with Gasteiger partial charge in [-0.15, -0.1) is 0 Å². The van der Waals surface area contributed by atoms with Crippen molar-refractivity contribution in [3.8, 4) is 0 Å². The van der Waals surface area contributed by atoms with E-state index < -0.39 is 12.0 Å². The Hall–Kier alpha value is -1.05. The third-order valence-electron chi connectivity index (χ3n) is 2.44. The normalized spacial score (nSPS) is 11.9. The van der Waals surface area contributed by atoms with Crippen molar-refractivity contribution in [1.29, 1.82) is 0 Å². The molecular weight excluding hydrogens is 332 g/mol. The van der Waals surface area contributed by atoms with Crippen LogP contribution in [0.15, 0.2) is 22.7 Å². The number of carboxylic acid groups (broad SMARTS) is 1. The maximum Gasteiger partial charge on any atom is 0.335 e. The number of anilines is 1. The van der Waals surface area contributed by atoms with Gasteiger partial charge in [-0.2, -0.15) is 11.8 Å². The molecule has 0 saturated carbocycles. The molecule has 0 fully saturated rings. The van der Waals surface area contributed by atoms with Crippen LogP contribution in [0.2, 0.25) is 0 Å². The van der Waals surface area contributed by atoms with E-state index in [1.54, 1.807) is 17.8 Å². The van der Waals surface area contributed by atoms with Crippen LogP contribution in [0.4, 0.5) is 5.69 Å². The Morgan fingerprint density at radius 2 is 2.21 bits per heavy atom. The number of carboxylic acids is 1. The van der Waals surface area contributed by atoms with Gasteiger partial charge in [0.1, 0.15) is 0 Å². The van der Waals surface area contributed by atoms with E-state index >= 15 is 0 Å². The molecule has 0 aliphatic carbocycles. The summed E-state index contributed by atoms with van der Waals surface area (Å²) in [7, 11) is 0. The zero-order valence-electron chi connectivity index (χ0n) is 10.4. The second kappa shape index (κ2) is 7.52. The van der Waals surface area contributed by atoms with E-state index in [0.717, 1.165) is 5.75 Å². The van der Waals surface area contributed by atoms with E-state index in [9.17, 15) is 9.59 Å². The van der Waals surface area contributed by atoms with Crippen molar-refractivity contribution in [2.75, 3.05) is 17.3 Å². The van der Waals surface area contributed by atoms with Crippen molar-refractivity contribution < 1.29 is 14.7 Å². The second-order valence-electron chi connectivity index (χ2n) is 3.88. The molecule has 0 heterocycles. The summed E-state index contributed by atoms with van der Waals surface area (Å²) >= 11 is 4.87. The number of hydrogen-bond donors (Lipinski definition) is 3. The van der Waals surface area contributed by atoms with Crippen molar-refractivity contribution in [3.63, 3.8) is 0 Å². The quantitative estimate of drug-likeness (QED) is 0.733. The number of carbonyl (C=O) groups is 2. The maximum atomic E-state index is 11.8. The van der Waals surface area contributed by atoms with Crippen LogP contribution in [0.1, 0.15) is 16.8 Å². The number of nitrogens with two attached hydrogens (primary N) is 1. The molecular formula is C12H15BrN2O3S. The molecule has 0 radical (unpaired) electrons. The molecule has 1 aromatic rings. The summed E-state index contributed by atoms with van der Waals surface area (Å²) in [6.07, 6.45) is 2.51. The van der Waals surface area contributed by atoms with Gasteiger partial charge in [-0.25, -0.2) is 4.79 Å². The number of rotatable bonds is 6. The van der Waals surface area contributed by atoms with Gasteiger partial charge in [0.2, 0.25) is 5.91 Å². The molecule has 0 spiro atoms. The topological polar surface area (TPSA) is 92.4 Å². The van der Waals surface area contributed by atoms with Crippen LogP contribution in [-0.2, 0) is 4.79 Å². The molecule has 0 aliphatic rings. The van der Waals surface area contributed by atoms with E-state index in [-0.39, 0.29) is 11.5 Å². The summed E-state index contributed by atoms with van der Waals surface area (Å²) in [4.78, 5) is 22.7. The summed E-state index contributed by atoms with van der Waals surface area (Å²) in [6.45, 7) is 0. The number of hydrogen-bond acceptors (Lipinski definition) is 4. The van der Waals surface area contributed by atoms with Crippen molar-refractivity contribution in [2.24, 2.45) is 5.73 Å². The summed E-state index contributed by atoms with van der Waals surface area (Å²) in [5.74, 6) is -0.572. The lowest BCUT2D eigenvalue weighted by Crippen LogP contribution is -2.36. The van der Waals surface area contributed by atoms with Crippen LogP contribution in [0.5, 0.6) is 0 Å². The highest BCUT2D eigenvalue weighted by Crippen LogP contribution is 2.24. The van der Waals surface area contributed by atoms with Gasteiger partial charge in [-0.1, -0.05) is 0 Å². The highest BCUT2D eigenvalue weighted by molar-refractivity contribution is 9.10. The van der Waals surface area contributed by atoms with E-state index in [4.69, 9.17) is 10.8 Å².